The molecule has 3 aromatic rings. The first-order chi connectivity index (χ1) is 18.2. The Bertz CT molecular complexity index is 1390. The van der Waals surface area contributed by atoms with Crippen LogP contribution in [0.4, 0.5) is 4.79 Å². The van der Waals surface area contributed by atoms with Gasteiger partial charge < -0.3 is 16.3 Å². The van der Waals surface area contributed by atoms with Crippen LogP contribution in [0, 0.1) is 0 Å². The Morgan fingerprint density at radius 3 is 2.18 bits per heavy atom. The molecular weight excluding hydrogens is 486 g/mol. The van der Waals surface area contributed by atoms with E-state index in [4.69, 9.17) is 5.84 Å². The number of hydrogen-bond donors (Lipinski definition) is 3. The normalized spacial score (nSPS) is 17.9. The van der Waals surface area contributed by atoms with Crippen LogP contribution in [0.2, 0.25) is 0 Å². The van der Waals surface area contributed by atoms with Gasteiger partial charge in [-0.05, 0) is 34.7 Å². The van der Waals surface area contributed by atoms with Crippen LogP contribution in [0.25, 0.3) is 11.1 Å². The Hall–Kier alpha value is -4.99. The van der Waals surface area contributed by atoms with Gasteiger partial charge in [0.2, 0.25) is 5.91 Å². The molecule has 1 fully saturated rings. The minimum Gasteiger partial charge on any atom is -0.481 e. The summed E-state index contributed by atoms with van der Waals surface area (Å²) in [7, 11) is 0. The number of hydrazone groups is 1. The molecule has 0 saturated carbocycles. The molecule has 10 heteroatoms. The molecule has 10 nitrogen and oxygen atoms in total. The van der Waals surface area contributed by atoms with Gasteiger partial charge in [-0.3, -0.25) is 14.4 Å². The van der Waals surface area contributed by atoms with Crippen molar-refractivity contribution in [3.63, 3.8) is 0 Å². The minimum absolute atomic E-state index is 0.460. The standard InChI is InChI=1S/C28H27N5O5/c1-18(34)32(24(16-25(35)36)22-12-10-21(11-13-22)20-6-4-3-5-7-20)33-26(37)28(2,31-27(33)38)23-14-8-19(9-15-23)17-30-29/h3-15,17,24H,16,29H2,1-2H3,(H,31,38)(H,35,36)/t24-,28-/m1/s1. The molecule has 38 heavy (non-hydrogen) atoms. The summed E-state index contributed by atoms with van der Waals surface area (Å²) in [5, 5.41) is 17.4. The van der Waals surface area contributed by atoms with Gasteiger partial charge in [0.25, 0.3) is 5.91 Å². The number of hydrogen-bond acceptors (Lipinski definition) is 6. The van der Waals surface area contributed by atoms with Crippen molar-refractivity contribution in [2.45, 2.75) is 31.8 Å². The fraction of sp³-hybridized carbons (Fsp3) is 0.179. The molecule has 1 saturated heterocycles. The van der Waals surface area contributed by atoms with Gasteiger partial charge in [-0.1, -0.05) is 78.9 Å². The first kappa shape index (κ1) is 26.1. The zero-order valence-corrected chi connectivity index (χ0v) is 20.9. The Kier molecular flexibility index (Phi) is 7.24. The summed E-state index contributed by atoms with van der Waals surface area (Å²) >= 11 is 0. The monoisotopic (exact) mass is 513 g/mol. The van der Waals surface area contributed by atoms with E-state index >= 15 is 0 Å². The average molecular weight is 514 g/mol. The predicted octanol–water partition coefficient (Wildman–Crippen LogP) is 3.39. The maximum atomic E-state index is 13.7. The van der Waals surface area contributed by atoms with Crippen LogP contribution in [-0.2, 0) is 19.9 Å². The van der Waals surface area contributed by atoms with Crippen LogP contribution < -0.4 is 11.2 Å². The highest BCUT2D eigenvalue weighted by Crippen LogP contribution is 2.35. The number of carboxylic acids is 1. The lowest BCUT2D eigenvalue weighted by Crippen LogP contribution is -2.52. The molecule has 194 valence electrons. The number of nitrogens with one attached hydrogen (secondary N) is 1. The first-order valence-corrected chi connectivity index (χ1v) is 11.8. The second-order valence-corrected chi connectivity index (χ2v) is 9.04. The lowest BCUT2D eigenvalue weighted by Gasteiger charge is -2.35. The van der Waals surface area contributed by atoms with E-state index in [1.807, 2.05) is 30.3 Å². The topological polar surface area (TPSA) is 145 Å². The second kappa shape index (κ2) is 10.6. The molecule has 2 atom stereocenters. The van der Waals surface area contributed by atoms with Crippen molar-refractivity contribution in [3.8, 4) is 11.1 Å². The van der Waals surface area contributed by atoms with Crippen molar-refractivity contribution in [3.05, 3.63) is 95.6 Å². The molecule has 0 spiro atoms. The SMILES string of the molecule is CC(=O)N([C@H](CC(=O)O)c1ccc(-c2ccccc2)cc1)N1C(=O)N[C@](C)(c2ccc(C=NN)cc2)C1=O. The number of nitrogens with zero attached hydrogens (tertiary/aromatic N) is 3. The number of carboxylic acid groups (broad SMARTS) is 1. The quantitative estimate of drug-likeness (QED) is 0.182. The lowest BCUT2D eigenvalue weighted by molar-refractivity contribution is -0.162. The van der Waals surface area contributed by atoms with Gasteiger partial charge in [0.15, 0.2) is 0 Å². The van der Waals surface area contributed by atoms with Gasteiger partial charge in [-0.2, -0.15) is 10.1 Å². The number of urea groups is 1. The summed E-state index contributed by atoms with van der Waals surface area (Å²) in [5.74, 6) is 2.62. The van der Waals surface area contributed by atoms with Gasteiger partial charge in [0.1, 0.15) is 5.54 Å². The Labute approximate surface area is 219 Å². The van der Waals surface area contributed by atoms with Crippen LogP contribution >= 0.6 is 0 Å². The molecule has 0 aliphatic carbocycles. The molecule has 0 bridgehead atoms. The van der Waals surface area contributed by atoms with E-state index in [1.54, 1.807) is 48.5 Å². The van der Waals surface area contributed by atoms with Crippen LogP contribution in [0.15, 0.2) is 84.0 Å². The van der Waals surface area contributed by atoms with Crippen LogP contribution in [0.3, 0.4) is 0 Å². The van der Waals surface area contributed by atoms with Crippen LogP contribution in [0.1, 0.15) is 43.0 Å². The number of benzene rings is 3. The van der Waals surface area contributed by atoms with Crippen molar-refractivity contribution in [2.75, 3.05) is 0 Å². The van der Waals surface area contributed by atoms with Crippen molar-refractivity contribution in [1.82, 2.24) is 15.3 Å². The van der Waals surface area contributed by atoms with E-state index in [-0.39, 0.29) is 0 Å². The fourth-order valence-corrected chi connectivity index (χ4v) is 4.54. The first-order valence-electron chi connectivity index (χ1n) is 11.8. The smallest absolute Gasteiger partial charge is 0.344 e. The van der Waals surface area contributed by atoms with Crippen LogP contribution in [0.5, 0.6) is 0 Å². The number of carbonyl (C=O) groups excluding carboxylic acids is 3. The fourth-order valence-electron chi connectivity index (χ4n) is 4.54. The number of hydrazine groups is 1. The highest BCUT2D eigenvalue weighted by molar-refractivity contribution is 6.08. The third-order valence-electron chi connectivity index (χ3n) is 6.48. The highest BCUT2D eigenvalue weighted by Gasteiger charge is 2.53. The Morgan fingerprint density at radius 1 is 1.03 bits per heavy atom. The molecule has 1 aliphatic heterocycles. The van der Waals surface area contributed by atoms with E-state index in [0.717, 1.165) is 16.1 Å². The molecule has 3 aromatic carbocycles. The van der Waals surface area contributed by atoms with E-state index in [0.29, 0.717) is 21.7 Å². The highest BCUT2D eigenvalue weighted by atomic mass is 16.4. The molecule has 4 amide bonds. The van der Waals surface area contributed by atoms with E-state index in [9.17, 15) is 24.3 Å². The summed E-state index contributed by atoms with van der Waals surface area (Å²) in [5.41, 5.74) is 1.99. The van der Waals surface area contributed by atoms with Gasteiger partial charge in [-0.25, -0.2) is 9.80 Å². The minimum atomic E-state index is -1.49. The number of aliphatic carboxylic acids is 1. The van der Waals surface area contributed by atoms with E-state index < -0.39 is 41.8 Å². The van der Waals surface area contributed by atoms with Crippen molar-refractivity contribution in [2.24, 2.45) is 10.9 Å². The number of nitrogens with two attached hydrogens (primary N) is 1. The molecular formula is C28H27N5O5. The van der Waals surface area contributed by atoms with Crippen molar-refractivity contribution < 1.29 is 24.3 Å². The average Bonchev–Trinajstić information content (AvgIpc) is 3.13. The van der Waals surface area contributed by atoms with Crippen LogP contribution in [-0.4, -0.2) is 45.2 Å². The summed E-state index contributed by atoms with van der Waals surface area (Å²) in [4.78, 5) is 51.6. The molecule has 4 rings (SSSR count). The van der Waals surface area contributed by atoms with Crippen molar-refractivity contribution >= 4 is 30.0 Å². The number of carbonyl (C=O) groups is 4. The molecule has 0 radical (unpaired) electrons. The zero-order valence-electron chi connectivity index (χ0n) is 20.9. The third kappa shape index (κ3) is 4.96. The molecule has 1 aliphatic rings. The molecule has 4 N–H and O–H groups in total. The zero-order chi connectivity index (χ0) is 27.4. The third-order valence-corrected chi connectivity index (χ3v) is 6.48. The summed E-state index contributed by atoms with van der Waals surface area (Å²) in [6.45, 7) is 2.71. The maximum absolute atomic E-state index is 13.7. The Morgan fingerprint density at radius 2 is 1.63 bits per heavy atom. The maximum Gasteiger partial charge on any atom is 0.344 e. The molecule has 0 unspecified atom stereocenters. The second-order valence-electron chi connectivity index (χ2n) is 9.04. The largest absolute Gasteiger partial charge is 0.481 e. The van der Waals surface area contributed by atoms with Crippen molar-refractivity contribution in [1.29, 1.82) is 0 Å². The molecule has 0 aromatic heterocycles. The lowest BCUT2D eigenvalue weighted by atomic mass is 9.91. The summed E-state index contributed by atoms with van der Waals surface area (Å²) < 4.78 is 0. The number of rotatable bonds is 8. The van der Waals surface area contributed by atoms with Gasteiger partial charge in [-0.15, -0.1) is 0 Å². The predicted molar refractivity (Wildman–Crippen MR) is 140 cm³/mol. The van der Waals surface area contributed by atoms with Gasteiger partial charge in [0, 0.05) is 6.92 Å². The van der Waals surface area contributed by atoms with E-state index in [1.165, 1.54) is 20.1 Å². The summed E-state index contributed by atoms with van der Waals surface area (Å²) in [6.07, 6.45) is 0.912. The molecule has 1 heterocycles. The van der Waals surface area contributed by atoms with Gasteiger partial charge >= 0.3 is 12.0 Å². The Balaban J connectivity index is 1.71. The van der Waals surface area contributed by atoms with E-state index in [2.05, 4.69) is 10.4 Å². The summed E-state index contributed by atoms with van der Waals surface area (Å²) in [6, 6.07) is 21.3. The van der Waals surface area contributed by atoms with Gasteiger partial charge in [0.05, 0.1) is 18.7 Å². The number of imide groups is 1. The number of amides is 4.